The van der Waals surface area contributed by atoms with E-state index < -0.39 is 0 Å². The summed E-state index contributed by atoms with van der Waals surface area (Å²) in [5.74, 6) is 1.63. The van der Waals surface area contributed by atoms with Crippen LogP contribution >= 0.6 is 0 Å². The number of benzene rings is 1. The molecule has 1 fully saturated rings. The molecule has 0 radical (unpaired) electrons. The van der Waals surface area contributed by atoms with Crippen LogP contribution in [0.5, 0.6) is 5.75 Å². The fourth-order valence-corrected chi connectivity index (χ4v) is 4.58. The van der Waals surface area contributed by atoms with Crippen molar-refractivity contribution in [1.29, 1.82) is 0 Å². The van der Waals surface area contributed by atoms with Crippen LogP contribution in [-0.4, -0.2) is 5.97 Å². The van der Waals surface area contributed by atoms with Crippen LogP contribution in [0.15, 0.2) is 24.3 Å². The average Bonchev–Trinajstić information content (AvgIpc) is 2.75. The minimum atomic E-state index is -0.0151. The number of aryl methyl sites for hydroxylation is 1. The van der Waals surface area contributed by atoms with E-state index in [2.05, 4.69) is 26.0 Å². The van der Waals surface area contributed by atoms with E-state index in [1.54, 1.807) is 0 Å². The summed E-state index contributed by atoms with van der Waals surface area (Å²) in [6.45, 7) is 4.51. The van der Waals surface area contributed by atoms with Crippen molar-refractivity contribution < 1.29 is 9.53 Å². The highest BCUT2D eigenvalue weighted by Gasteiger charge is 2.27. The molecule has 0 heterocycles. The molecule has 29 heavy (non-hydrogen) atoms. The van der Waals surface area contributed by atoms with Crippen LogP contribution in [0.25, 0.3) is 0 Å². The normalized spacial score (nSPS) is 19.2. The van der Waals surface area contributed by atoms with Gasteiger partial charge >= 0.3 is 5.97 Å². The van der Waals surface area contributed by atoms with Crippen LogP contribution < -0.4 is 4.74 Å². The first-order chi connectivity index (χ1) is 14.2. The quantitative estimate of drug-likeness (QED) is 0.178. The summed E-state index contributed by atoms with van der Waals surface area (Å²) in [7, 11) is 0. The van der Waals surface area contributed by atoms with Gasteiger partial charge in [0, 0.05) is 0 Å². The van der Waals surface area contributed by atoms with Gasteiger partial charge in [0.05, 0.1) is 5.92 Å². The third-order valence-electron chi connectivity index (χ3n) is 6.61. The summed E-state index contributed by atoms with van der Waals surface area (Å²) < 4.78 is 5.68. The Morgan fingerprint density at radius 2 is 1.38 bits per heavy atom. The highest BCUT2D eigenvalue weighted by molar-refractivity contribution is 5.75. The predicted octanol–water partition coefficient (Wildman–Crippen LogP) is 8.27. The van der Waals surface area contributed by atoms with Crippen LogP contribution in [0.3, 0.4) is 0 Å². The van der Waals surface area contributed by atoms with Crippen LogP contribution in [0.4, 0.5) is 0 Å². The van der Waals surface area contributed by atoms with E-state index in [0.717, 1.165) is 25.2 Å². The Morgan fingerprint density at radius 1 is 0.793 bits per heavy atom. The smallest absolute Gasteiger partial charge is 0.314 e. The Bertz CT molecular complexity index is 540. The van der Waals surface area contributed by atoms with Gasteiger partial charge in [-0.05, 0) is 62.1 Å². The number of hydrogen-bond donors (Lipinski definition) is 0. The first kappa shape index (κ1) is 24.0. The minimum absolute atomic E-state index is 0.0151. The molecule has 1 aromatic rings. The highest BCUT2D eigenvalue weighted by Crippen LogP contribution is 2.33. The first-order valence-electron chi connectivity index (χ1n) is 12.5. The van der Waals surface area contributed by atoms with Gasteiger partial charge in [-0.1, -0.05) is 90.2 Å². The van der Waals surface area contributed by atoms with Gasteiger partial charge in [-0.25, -0.2) is 0 Å². The maximum absolute atomic E-state index is 12.5. The SMILES string of the molecule is CCCCCCCCC1CCC(C(=O)Oc2ccc(CCCCCC)cc2)CC1. The van der Waals surface area contributed by atoms with E-state index in [9.17, 15) is 4.79 Å². The van der Waals surface area contributed by atoms with Gasteiger partial charge in [0.15, 0.2) is 0 Å². The number of hydrogen-bond acceptors (Lipinski definition) is 2. The molecule has 1 aliphatic rings. The zero-order valence-electron chi connectivity index (χ0n) is 19.1. The van der Waals surface area contributed by atoms with Crippen LogP contribution in [0.1, 0.15) is 116 Å². The summed E-state index contributed by atoms with van der Waals surface area (Å²) in [6, 6.07) is 8.17. The molecular formula is C27H44O2. The third kappa shape index (κ3) is 9.83. The van der Waals surface area contributed by atoms with Crippen molar-refractivity contribution in [2.75, 3.05) is 0 Å². The molecule has 2 nitrogen and oxygen atoms in total. The van der Waals surface area contributed by atoms with Gasteiger partial charge in [-0.2, -0.15) is 0 Å². The Balaban J connectivity index is 1.61. The first-order valence-corrected chi connectivity index (χ1v) is 12.5. The largest absolute Gasteiger partial charge is 0.426 e. The van der Waals surface area contributed by atoms with Crippen molar-refractivity contribution in [2.45, 2.75) is 117 Å². The Labute approximate surface area is 179 Å². The Morgan fingerprint density at radius 3 is 2.03 bits per heavy atom. The van der Waals surface area contributed by atoms with E-state index in [0.29, 0.717) is 5.75 Å². The molecule has 0 aliphatic heterocycles. The number of unbranched alkanes of at least 4 members (excludes halogenated alkanes) is 8. The van der Waals surface area contributed by atoms with Crippen molar-refractivity contribution in [3.05, 3.63) is 29.8 Å². The van der Waals surface area contributed by atoms with E-state index in [1.807, 2.05) is 12.1 Å². The van der Waals surface area contributed by atoms with Crippen molar-refractivity contribution in [2.24, 2.45) is 11.8 Å². The molecule has 1 aliphatic carbocycles. The van der Waals surface area contributed by atoms with Crippen LogP contribution in [0, 0.1) is 11.8 Å². The summed E-state index contributed by atoms with van der Waals surface area (Å²) in [4.78, 5) is 12.5. The zero-order chi connectivity index (χ0) is 20.7. The number of carbonyl (C=O) groups is 1. The predicted molar refractivity (Wildman–Crippen MR) is 123 cm³/mol. The molecule has 0 bridgehead atoms. The maximum atomic E-state index is 12.5. The molecule has 0 unspecified atom stereocenters. The summed E-state index contributed by atoms with van der Waals surface area (Å²) in [5, 5.41) is 0. The lowest BCUT2D eigenvalue weighted by Crippen LogP contribution is -2.25. The number of carbonyl (C=O) groups excluding carboxylic acids is 1. The summed E-state index contributed by atoms with van der Waals surface area (Å²) in [5.41, 5.74) is 1.34. The fourth-order valence-electron chi connectivity index (χ4n) is 4.58. The Kier molecular flexibility index (Phi) is 12.1. The molecule has 164 valence electrons. The van der Waals surface area contributed by atoms with E-state index in [1.165, 1.54) is 89.0 Å². The van der Waals surface area contributed by atoms with Crippen molar-refractivity contribution in [1.82, 2.24) is 0 Å². The second kappa shape index (κ2) is 14.6. The van der Waals surface area contributed by atoms with Crippen LogP contribution in [-0.2, 0) is 11.2 Å². The van der Waals surface area contributed by atoms with E-state index in [-0.39, 0.29) is 11.9 Å². The molecule has 0 amide bonds. The van der Waals surface area contributed by atoms with Gasteiger partial charge < -0.3 is 4.74 Å². The third-order valence-corrected chi connectivity index (χ3v) is 6.61. The second-order valence-corrected chi connectivity index (χ2v) is 9.15. The van der Waals surface area contributed by atoms with E-state index in [4.69, 9.17) is 4.74 Å². The zero-order valence-corrected chi connectivity index (χ0v) is 19.1. The molecule has 2 heteroatoms. The number of rotatable bonds is 14. The van der Waals surface area contributed by atoms with Gasteiger partial charge in [-0.3, -0.25) is 4.79 Å². The molecule has 2 rings (SSSR count). The maximum Gasteiger partial charge on any atom is 0.314 e. The number of esters is 1. The lowest BCUT2D eigenvalue weighted by Gasteiger charge is -2.27. The topological polar surface area (TPSA) is 26.3 Å². The summed E-state index contributed by atoms with van der Waals surface area (Å²) in [6.07, 6.45) is 20.3. The lowest BCUT2D eigenvalue weighted by atomic mass is 9.80. The van der Waals surface area contributed by atoms with Crippen molar-refractivity contribution >= 4 is 5.97 Å². The second-order valence-electron chi connectivity index (χ2n) is 9.15. The molecule has 0 aromatic heterocycles. The molecule has 1 aromatic carbocycles. The number of ether oxygens (including phenoxy) is 1. The van der Waals surface area contributed by atoms with E-state index >= 15 is 0 Å². The van der Waals surface area contributed by atoms with Gasteiger partial charge in [0.25, 0.3) is 0 Å². The molecular weight excluding hydrogens is 356 g/mol. The lowest BCUT2D eigenvalue weighted by molar-refractivity contribution is -0.140. The van der Waals surface area contributed by atoms with Crippen LogP contribution in [0.2, 0.25) is 0 Å². The van der Waals surface area contributed by atoms with Crippen molar-refractivity contribution in [3.63, 3.8) is 0 Å². The van der Waals surface area contributed by atoms with Gasteiger partial charge in [-0.15, -0.1) is 0 Å². The van der Waals surface area contributed by atoms with Crippen molar-refractivity contribution in [3.8, 4) is 5.75 Å². The minimum Gasteiger partial charge on any atom is -0.426 e. The monoisotopic (exact) mass is 400 g/mol. The van der Waals surface area contributed by atoms with Gasteiger partial charge in [0.2, 0.25) is 0 Å². The molecule has 0 saturated heterocycles. The molecule has 0 N–H and O–H groups in total. The van der Waals surface area contributed by atoms with Gasteiger partial charge in [0.1, 0.15) is 5.75 Å². The highest BCUT2D eigenvalue weighted by atomic mass is 16.5. The standard InChI is InChI=1S/C27H44O2/c1-3-5-7-9-10-12-14-23-15-19-25(20-16-23)27(28)29-26-21-17-24(18-22-26)13-11-8-6-4-2/h17-18,21-23,25H,3-16,19-20H2,1-2H3. The average molecular weight is 401 g/mol. The summed E-state index contributed by atoms with van der Waals surface area (Å²) >= 11 is 0. The Hall–Kier alpha value is -1.31. The molecule has 0 spiro atoms. The molecule has 1 saturated carbocycles. The molecule has 0 atom stereocenters. The fraction of sp³-hybridized carbons (Fsp3) is 0.741.